The Morgan fingerprint density at radius 1 is 0.750 bits per heavy atom. The zero-order valence-electron chi connectivity index (χ0n) is 25.7. The van der Waals surface area contributed by atoms with Crippen LogP contribution in [0.3, 0.4) is 0 Å². The van der Waals surface area contributed by atoms with Crippen LogP contribution in [0, 0.1) is 37.5 Å². The quantitative estimate of drug-likeness (QED) is 0.148. The maximum atomic E-state index is 12.9. The van der Waals surface area contributed by atoms with Crippen molar-refractivity contribution in [3.05, 3.63) is 96.1 Å². The van der Waals surface area contributed by atoms with Gasteiger partial charge in [0.2, 0.25) is 0 Å². The minimum absolute atomic E-state index is 0.0724. The van der Waals surface area contributed by atoms with Gasteiger partial charge in [0.15, 0.2) is 6.61 Å². The van der Waals surface area contributed by atoms with Crippen molar-refractivity contribution in [3.8, 4) is 28.4 Å². The molecule has 0 unspecified atom stereocenters. The molecule has 0 saturated heterocycles. The fourth-order valence-electron chi connectivity index (χ4n) is 8.84. The Labute approximate surface area is 263 Å². The molecule has 0 spiro atoms. The predicted octanol–water partition coefficient (Wildman–Crippen LogP) is 9.69. The number of benzene rings is 4. The lowest BCUT2D eigenvalue weighted by atomic mass is 9.50. The summed E-state index contributed by atoms with van der Waals surface area (Å²) in [5.74, 6) is 4.69. The molecule has 5 aliphatic rings. The Morgan fingerprint density at radius 3 is 1.84 bits per heavy atom. The number of hydrogen-bond acceptors (Lipinski definition) is 4. The maximum absolute atomic E-state index is 12.9. The molecule has 44 heavy (non-hydrogen) atoms. The number of rotatable bonds is 7. The molecule has 9 rings (SSSR count). The van der Waals surface area contributed by atoms with Crippen LogP contribution in [-0.4, -0.2) is 18.2 Å². The summed E-state index contributed by atoms with van der Waals surface area (Å²) in [6.07, 6.45) is 6.23. The van der Waals surface area contributed by atoms with Crippen molar-refractivity contribution in [3.63, 3.8) is 0 Å². The summed E-state index contributed by atoms with van der Waals surface area (Å²) in [6, 6.07) is 29.7. The van der Waals surface area contributed by atoms with E-state index in [1.165, 1.54) is 57.9 Å². The van der Waals surface area contributed by atoms with Gasteiger partial charge in [-0.1, -0.05) is 36.4 Å². The van der Waals surface area contributed by atoms with E-state index in [0.29, 0.717) is 17.6 Å². The Balaban J connectivity index is 0.931. The molecule has 0 N–H and O–H groups in total. The summed E-state index contributed by atoms with van der Waals surface area (Å²) in [4.78, 5) is 17.1. The van der Waals surface area contributed by atoms with Crippen molar-refractivity contribution in [2.45, 2.75) is 73.2 Å². The van der Waals surface area contributed by atoms with E-state index in [4.69, 9.17) is 14.2 Å². The number of ether oxygens (including phenoxy) is 3. The van der Waals surface area contributed by atoms with E-state index >= 15 is 0 Å². The minimum atomic E-state index is -0.612. The van der Waals surface area contributed by atoms with Crippen LogP contribution < -0.4 is 9.47 Å². The summed E-state index contributed by atoms with van der Waals surface area (Å²) in [5.41, 5.74) is 4.60. The Morgan fingerprint density at radius 2 is 1.27 bits per heavy atom. The summed E-state index contributed by atoms with van der Waals surface area (Å²) in [7, 11) is -0.612. The fraction of sp³-hybridized carbons (Fsp3) is 0.359. The highest BCUT2D eigenvalue weighted by atomic mass is 32.2. The molecule has 4 saturated carbocycles. The van der Waals surface area contributed by atoms with Crippen molar-refractivity contribution in [1.29, 1.82) is 0 Å². The third kappa shape index (κ3) is 4.72. The number of esters is 1. The zero-order valence-corrected chi connectivity index (χ0v) is 26.6. The molecule has 4 fully saturated rings. The third-order valence-electron chi connectivity index (χ3n) is 10.8. The molecule has 0 amide bonds. The standard InChI is InChI=1S/C39H40O4S/c1-24-16-32(44-35-10-6-4-8-33(35)34-9-5-7-11-36(34)44)17-25(2)38(24)42-31-14-12-30(13-15-31)41-23-37(40)43-39(3)28-19-26-18-27(21-28)22-29(39)20-26/h4-17,26-29,44H,18-23H2,1-3H3. The van der Waals surface area contributed by atoms with Gasteiger partial charge < -0.3 is 14.2 Å². The van der Waals surface area contributed by atoms with Gasteiger partial charge in [-0.05, 0) is 152 Å². The topological polar surface area (TPSA) is 44.8 Å². The van der Waals surface area contributed by atoms with Crippen LogP contribution in [0.5, 0.6) is 17.2 Å². The SMILES string of the molecule is Cc1cc([SH]2c3ccccc3-c3ccccc32)cc(C)c1Oc1ccc(OCC(=O)OC2(C)C3CC4CC(C3)CC2C4)cc1. The Hall–Kier alpha value is -3.70. The molecule has 1 heterocycles. The van der Waals surface area contributed by atoms with Crippen LogP contribution in [-0.2, 0) is 9.53 Å². The molecule has 0 radical (unpaired) electrons. The first-order chi connectivity index (χ1) is 21.4. The van der Waals surface area contributed by atoms with E-state index in [9.17, 15) is 4.79 Å². The van der Waals surface area contributed by atoms with E-state index in [-0.39, 0.29) is 18.2 Å². The van der Waals surface area contributed by atoms with E-state index in [1.54, 1.807) is 0 Å². The van der Waals surface area contributed by atoms with Gasteiger partial charge in [-0.3, -0.25) is 0 Å². The highest BCUT2D eigenvalue weighted by Gasteiger charge is 2.57. The molecule has 4 aromatic rings. The van der Waals surface area contributed by atoms with Crippen molar-refractivity contribution < 1.29 is 19.0 Å². The molecule has 0 aromatic heterocycles. The van der Waals surface area contributed by atoms with Gasteiger partial charge in [0.25, 0.3) is 0 Å². The van der Waals surface area contributed by atoms with E-state index in [1.807, 2.05) is 24.3 Å². The van der Waals surface area contributed by atoms with Gasteiger partial charge in [0.1, 0.15) is 22.8 Å². The average molecular weight is 605 g/mol. The van der Waals surface area contributed by atoms with Gasteiger partial charge in [-0.2, -0.15) is 10.9 Å². The molecule has 226 valence electrons. The Kier molecular flexibility index (Phi) is 6.78. The van der Waals surface area contributed by atoms with Crippen molar-refractivity contribution in [2.24, 2.45) is 23.7 Å². The molecule has 5 heteroatoms. The molecule has 0 atom stereocenters. The predicted molar refractivity (Wildman–Crippen MR) is 175 cm³/mol. The van der Waals surface area contributed by atoms with Crippen molar-refractivity contribution >= 4 is 16.9 Å². The zero-order chi connectivity index (χ0) is 30.0. The molecular weight excluding hydrogens is 564 g/mol. The molecule has 4 aromatic carbocycles. The second-order valence-corrected chi connectivity index (χ2v) is 15.8. The van der Waals surface area contributed by atoms with Crippen molar-refractivity contribution in [1.82, 2.24) is 0 Å². The lowest BCUT2D eigenvalue weighted by molar-refractivity contribution is -0.204. The average Bonchev–Trinajstić information content (AvgIpc) is 3.35. The van der Waals surface area contributed by atoms with Gasteiger partial charge in [0.05, 0.1) is 0 Å². The van der Waals surface area contributed by atoms with Crippen LogP contribution in [0.15, 0.2) is 99.6 Å². The lowest BCUT2D eigenvalue weighted by Gasteiger charge is -2.59. The van der Waals surface area contributed by atoms with Gasteiger partial charge >= 0.3 is 5.97 Å². The number of fused-ring (bicyclic) bond motifs is 3. The second-order valence-electron chi connectivity index (χ2n) is 13.6. The largest absolute Gasteiger partial charge is 0.482 e. The van der Waals surface area contributed by atoms with Gasteiger partial charge in [-0.25, -0.2) is 4.79 Å². The Bertz CT molecular complexity index is 1640. The monoisotopic (exact) mass is 604 g/mol. The highest BCUT2D eigenvalue weighted by molar-refractivity contribution is 8.17. The summed E-state index contributed by atoms with van der Waals surface area (Å²) < 4.78 is 18.4. The third-order valence-corrected chi connectivity index (χ3v) is 13.3. The van der Waals surface area contributed by atoms with Crippen LogP contribution in [0.2, 0.25) is 0 Å². The number of hydrogen-bond donors (Lipinski definition) is 1. The van der Waals surface area contributed by atoms with E-state index in [0.717, 1.165) is 34.5 Å². The minimum Gasteiger partial charge on any atom is -0.482 e. The van der Waals surface area contributed by atoms with Crippen LogP contribution in [0.4, 0.5) is 0 Å². The van der Waals surface area contributed by atoms with E-state index in [2.05, 4.69) is 81.4 Å². The molecule has 4 nitrogen and oxygen atoms in total. The van der Waals surface area contributed by atoms with Crippen LogP contribution in [0.25, 0.3) is 11.1 Å². The number of carbonyl (C=O) groups is 1. The summed E-state index contributed by atoms with van der Waals surface area (Å²) in [6.45, 7) is 6.36. The molecule has 4 bridgehead atoms. The smallest absolute Gasteiger partial charge is 0.344 e. The maximum Gasteiger partial charge on any atom is 0.344 e. The van der Waals surface area contributed by atoms with Crippen molar-refractivity contribution in [2.75, 3.05) is 6.61 Å². The highest BCUT2D eigenvalue weighted by Crippen LogP contribution is 2.63. The first-order valence-corrected chi connectivity index (χ1v) is 17.4. The van der Waals surface area contributed by atoms with Gasteiger partial charge in [-0.15, -0.1) is 0 Å². The molecular formula is C39H40O4S. The fourth-order valence-corrected chi connectivity index (χ4v) is 11.6. The normalized spacial score (nSPS) is 26.7. The molecule has 1 aliphatic heterocycles. The second kappa shape index (κ2) is 10.7. The van der Waals surface area contributed by atoms with E-state index < -0.39 is 10.9 Å². The molecule has 4 aliphatic carbocycles. The van der Waals surface area contributed by atoms with Gasteiger partial charge in [0, 0.05) is 9.79 Å². The summed E-state index contributed by atoms with van der Waals surface area (Å²) >= 11 is 0. The number of carbonyl (C=O) groups excluding carboxylic acids is 1. The van der Waals surface area contributed by atoms with Crippen LogP contribution in [0.1, 0.15) is 50.2 Å². The lowest BCUT2D eigenvalue weighted by Crippen LogP contribution is -2.58. The summed E-state index contributed by atoms with van der Waals surface area (Å²) in [5, 5.41) is 0. The first-order valence-electron chi connectivity index (χ1n) is 16.1. The number of aryl methyl sites for hydroxylation is 2. The van der Waals surface area contributed by atoms with Crippen LogP contribution >= 0.6 is 10.9 Å². The first kappa shape index (κ1) is 27.8. The number of thiol groups is 1.